The molecular weight excluding hydrogens is 204 g/mol. The van der Waals surface area contributed by atoms with Gasteiger partial charge in [-0.15, -0.1) is 0 Å². The van der Waals surface area contributed by atoms with Crippen molar-refractivity contribution in [2.45, 2.75) is 31.7 Å². The van der Waals surface area contributed by atoms with Crippen LogP contribution in [0.25, 0.3) is 0 Å². The van der Waals surface area contributed by atoms with Gasteiger partial charge >= 0.3 is 0 Å². The lowest BCUT2D eigenvalue weighted by Gasteiger charge is -2.23. The standard InChI is InChI=1S/C11H16N4O/c12-5-2-8-15(9-3-6-13)11(16)10-4-1-7-14-10/h10,14H,1-4,7-9H2. The molecule has 5 heteroatoms. The van der Waals surface area contributed by atoms with Crippen molar-refractivity contribution in [3.63, 3.8) is 0 Å². The Balaban J connectivity index is 2.49. The summed E-state index contributed by atoms with van der Waals surface area (Å²) in [5.74, 6) is 0.0306. The van der Waals surface area contributed by atoms with E-state index in [9.17, 15) is 4.79 Å². The number of nitrogens with one attached hydrogen (secondary N) is 1. The predicted octanol–water partition coefficient (Wildman–Crippen LogP) is 0.394. The quantitative estimate of drug-likeness (QED) is 0.727. The molecule has 1 fully saturated rings. The molecule has 1 unspecified atom stereocenters. The summed E-state index contributed by atoms with van der Waals surface area (Å²) in [6, 6.07) is 3.93. The van der Waals surface area contributed by atoms with Crippen molar-refractivity contribution in [2.24, 2.45) is 0 Å². The first-order chi connectivity index (χ1) is 7.79. The van der Waals surface area contributed by atoms with Crippen LogP contribution in [0.3, 0.4) is 0 Å². The van der Waals surface area contributed by atoms with Gasteiger partial charge in [0.1, 0.15) is 0 Å². The highest BCUT2D eigenvalue weighted by Gasteiger charge is 2.26. The molecule has 1 amide bonds. The number of rotatable bonds is 5. The molecule has 0 aromatic rings. The van der Waals surface area contributed by atoms with Gasteiger partial charge in [-0.3, -0.25) is 4.79 Å². The van der Waals surface area contributed by atoms with Crippen LogP contribution < -0.4 is 5.32 Å². The molecule has 1 saturated heterocycles. The fraction of sp³-hybridized carbons (Fsp3) is 0.727. The third kappa shape index (κ3) is 3.52. The van der Waals surface area contributed by atoms with E-state index in [4.69, 9.17) is 10.5 Å². The van der Waals surface area contributed by atoms with Gasteiger partial charge in [0, 0.05) is 13.1 Å². The van der Waals surface area contributed by atoms with E-state index in [1.807, 2.05) is 12.1 Å². The Kier molecular flexibility index (Phi) is 5.31. The molecule has 1 heterocycles. The zero-order valence-electron chi connectivity index (χ0n) is 9.28. The molecule has 86 valence electrons. The van der Waals surface area contributed by atoms with Crippen molar-refractivity contribution >= 4 is 5.91 Å². The molecule has 1 N–H and O–H groups in total. The molecular formula is C11H16N4O. The highest BCUT2D eigenvalue weighted by atomic mass is 16.2. The molecule has 1 aliphatic rings. The molecule has 0 aromatic carbocycles. The van der Waals surface area contributed by atoms with Crippen molar-refractivity contribution in [3.8, 4) is 12.1 Å². The first-order valence-electron chi connectivity index (χ1n) is 5.55. The monoisotopic (exact) mass is 220 g/mol. The lowest BCUT2D eigenvalue weighted by molar-refractivity contribution is -0.133. The van der Waals surface area contributed by atoms with Crippen LogP contribution in [0.2, 0.25) is 0 Å². The molecule has 1 rings (SSSR count). The molecule has 0 spiro atoms. The fourth-order valence-corrected chi connectivity index (χ4v) is 1.82. The highest BCUT2D eigenvalue weighted by molar-refractivity contribution is 5.82. The summed E-state index contributed by atoms with van der Waals surface area (Å²) in [4.78, 5) is 13.6. The van der Waals surface area contributed by atoms with Gasteiger partial charge in [-0.05, 0) is 19.4 Å². The van der Waals surface area contributed by atoms with E-state index in [1.54, 1.807) is 4.90 Å². The van der Waals surface area contributed by atoms with Crippen molar-refractivity contribution < 1.29 is 4.79 Å². The maximum absolute atomic E-state index is 12.0. The Morgan fingerprint density at radius 3 is 2.38 bits per heavy atom. The van der Waals surface area contributed by atoms with Crippen molar-refractivity contribution in [3.05, 3.63) is 0 Å². The zero-order chi connectivity index (χ0) is 11.8. The van der Waals surface area contributed by atoms with E-state index in [0.29, 0.717) is 25.9 Å². The van der Waals surface area contributed by atoms with Crippen molar-refractivity contribution in [2.75, 3.05) is 19.6 Å². The average Bonchev–Trinajstić information content (AvgIpc) is 2.82. The summed E-state index contributed by atoms with van der Waals surface area (Å²) in [6.45, 7) is 1.73. The lowest BCUT2D eigenvalue weighted by atomic mass is 10.2. The minimum Gasteiger partial charge on any atom is -0.339 e. The van der Waals surface area contributed by atoms with E-state index < -0.39 is 0 Å². The first kappa shape index (κ1) is 12.5. The minimum atomic E-state index is -0.114. The number of carbonyl (C=O) groups is 1. The minimum absolute atomic E-state index is 0.0306. The summed E-state index contributed by atoms with van der Waals surface area (Å²) >= 11 is 0. The largest absolute Gasteiger partial charge is 0.339 e. The van der Waals surface area contributed by atoms with E-state index in [2.05, 4.69) is 5.32 Å². The molecule has 1 atom stereocenters. The SMILES string of the molecule is N#CCCN(CCC#N)C(=O)C1CCCN1. The number of hydrogen-bond acceptors (Lipinski definition) is 4. The molecule has 0 aliphatic carbocycles. The third-order valence-electron chi connectivity index (χ3n) is 2.66. The predicted molar refractivity (Wildman–Crippen MR) is 58.1 cm³/mol. The fourth-order valence-electron chi connectivity index (χ4n) is 1.82. The molecule has 5 nitrogen and oxygen atoms in total. The van der Waals surface area contributed by atoms with Crippen LogP contribution >= 0.6 is 0 Å². The van der Waals surface area contributed by atoms with Gasteiger partial charge in [-0.25, -0.2) is 0 Å². The maximum Gasteiger partial charge on any atom is 0.239 e. The van der Waals surface area contributed by atoms with Crippen LogP contribution in [0.5, 0.6) is 0 Å². The molecule has 0 saturated carbocycles. The van der Waals surface area contributed by atoms with Gasteiger partial charge in [0.25, 0.3) is 0 Å². The summed E-state index contributed by atoms with van der Waals surface area (Å²) in [5, 5.41) is 20.2. The van der Waals surface area contributed by atoms with Crippen LogP contribution in [-0.2, 0) is 4.79 Å². The van der Waals surface area contributed by atoms with E-state index in [-0.39, 0.29) is 11.9 Å². The second kappa shape index (κ2) is 6.81. The number of carbonyl (C=O) groups excluding carboxylic acids is 1. The summed E-state index contributed by atoms with van der Waals surface area (Å²) < 4.78 is 0. The summed E-state index contributed by atoms with van der Waals surface area (Å²) in [5.41, 5.74) is 0. The number of hydrogen-bond donors (Lipinski definition) is 1. The summed E-state index contributed by atoms with van der Waals surface area (Å²) in [6.07, 6.45) is 2.52. The van der Waals surface area contributed by atoms with Gasteiger partial charge in [-0.2, -0.15) is 10.5 Å². The summed E-state index contributed by atoms with van der Waals surface area (Å²) in [7, 11) is 0. The van der Waals surface area contributed by atoms with Gasteiger partial charge < -0.3 is 10.2 Å². The van der Waals surface area contributed by atoms with Crippen LogP contribution in [-0.4, -0.2) is 36.5 Å². The van der Waals surface area contributed by atoms with Crippen molar-refractivity contribution in [1.82, 2.24) is 10.2 Å². The lowest BCUT2D eigenvalue weighted by Crippen LogP contribution is -2.44. The molecule has 0 aromatic heterocycles. The normalized spacial score (nSPS) is 18.8. The van der Waals surface area contributed by atoms with Gasteiger partial charge in [0.15, 0.2) is 0 Å². The smallest absolute Gasteiger partial charge is 0.239 e. The number of nitriles is 2. The highest BCUT2D eigenvalue weighted by Crippen LogP contribution is 2.09. The van der Waals surface area contributed by atoms with Gasteiger partial charge in [-0.1, -0.05) is 0 Å². The Morgan fingerprint density at radius 1 is 1.31 bits per heavy atom. The van der Waals surface area contributed by atoms with Crippen LogP contribution in [0.15, 0.2) is 0 Å². The van der Waals surface area contributed by atoms with E-state index in [1.165, 1.54) is 0 Å². The van der Waals surface area contributed by atoms with Gasteiger partial charge in [0.05, 0.1) is 31.0 Å². The van der Waals surface area contributed by atoms with E-state index in [0.717, 1.165) is 19.4 Å². The molecule has 1 aliphatic heterocycles. The Morgan fingerprint density at radius 2 is 1.94 bits per heavy atom. The Bertz CT molecular complexity index is 291. The van der Waals surface area contributed by atoms with Gasteiger partial charge in [0.2, 0.25) is 5.91 Å². The second-order valence-corrected chi connectivity index (χ2v) is 3.79. The Labute approximate surface area is 95.6 Å². The van der Waals surface area contributed by atoms with E-state index >= 15 is 0 Å². The molecule has 0 radical (unpaired) electrons. The molecule has 16 heavy (non-hydrogen) atoms. The van der Waals surface area contributed by atoms with Crippen LogP contribution in [0.1, 0.15) is 25.7 Å². The number of nitrogens with zero attached hydrogens (tertiary/aromatic N) is 3. The topological polar surface area (TPSA) is 79.9 Å². The maximum atomic E-state index is 12.0. The van der Waals surface area contributed by atoms with Crippen LogP contribution in [0, 0.1) is 22.7 Å². The van der Waals surface area contributed by atoms with Crippen LogP contribution in [0.4, 0.5) is 0 Å². The number of amides is 1. The first-order valence-corrected chi connectivity index (χ1v) is 5.55. The second-order valence-electron chi connectivity index (χ2n) is 3.79. The molecule has 0 bridgehead atoms. The third-order valence-corrected chi connectivity index (χ3v) is 2.66. The zero-order valence-corrected chi connectivity index (χ0v) is 9.28. The Hall–Kier alpha value is -1.59. The average molecular weight is 220 g/mol. The van der Waals surface area contributed by atoms with Crippen molar-refractivity contribution in [1.29, 1.82) is 10.5 Å².